The highest BCUT2D eigenvalue weighted by molar-refractivity contribution is 9.10. The van der Waals surface area contributed by atoms with Crippen LogP contribution in [0.15, 0.2) is 51.8 Å². The summed E-state index contributed by atoms with van der Waals surface area (Å²) in [6.45, 7) is 0.304. The number of carbonyl (C=O) groups excluding carboxylic acids is 2. The van der Waals surface area contributed by atoms with Crippen LogP contribution in [0.5, 0.6) is 11.5 Å². The Hall–Kier alpha value is -1.96. The maximum atomic E-state index is 12.6. The molecule has 0 bridgehead atoms. The van der Waals surface area contributed by atoms with Crippen molar-refractivity contribution in [1.29, 1.82) is 0 Å². The zero-order chi connectivity index (χ0) is 19.4. The molecule has 5 nitrogen and oxygen atoms in total. The van der Waals surface area contributed by atoms with Crippen molar-refractivity contribution >= 4 is 56.5 Å². The maximum Gasteiger partial charge on any atom is 0.293 e. The first-order chi connectivity index (χ1) is 13.0. The average Bonchev–Trinajstić information content (AvgIpc) is 2.91. The van der Waals surface area contributed by atoms with Gasteiger partial charge in [0.15, 0.2) is 0 Å². The molecule has 0 aliphatic carbocycles. The van der Waals surface area contributed by atoms with Crippen LogP contribution in [0.4, 0.5) is 4.79 Å². The number of hydrogen-bond acceptors (Lipinski definition) is 5. The number of hydrogen-bond donors (Lipinski definition) is 0. The Balaban J connectivity index is 1.70. The molecule has 1 heterocycles. The van der Waals surface area contributed by atoms with E-state index in [0.717, 1.165) is 21.1 Å². The largest absolute Gasteiger partial charge is 0.496 e. The lowest BCUT2D eigenvalue weighted by atomic mass is 10.2. The van der Waals surface area contributed by atoms with Crippen LogP contribution < -0.4 is 9.47 Å². The van der Waals surface area contributed by atoms with Crippen LogP contribution in [0, 0.1) is 0 Å². The molecule has 0 N–H and O–H groups in total. The van der Waals surface area contributed by atoms with E-state index >= 15 is 0 Å². The van der Waals surface area contributed by atoms with E-state index in [0.29, 0.717) is 27.0 Å². The van der Waals surface area contributed by atoms with Crippen molar-refractivity contribution in [2.24, 2.45) is 0 Å². The van der Waals surface area contributed by atoms with Crippen molar-refractivity contribution in [3.05, 3.63) is 62.4 Å². The number of halogens is 2. The van der Waals surface area contributed by atoms with Crippen LogP contribution in [-0.4, -0.2) is 36.3 Å². The minimum atomic E-state index is -0.352. The van der Waals surface area contributed by atoms with E-state index in [9.17, 15) is 9.59 Å². The van der Waals surface area contributed by atoms with Crippen molar-refractivity contribution < 1.29 is 19.1 Å². The highest BCUT2D eigenvalue weighted by Gasteiger charge is 2.35. The van der Waals surface area contributed by atoms with Crippen molar-refractivity contribution in [3.8, 4) is 11.5 Å². The van der Waals surface area contributed by atoms with Crippen molar-refractivity contribution in [3.63, 3.8) is 0 Å². The molecule has 27 heavy (non-hydrogen) atoms. The number of nitrogens with zero attached hydrogens (tertiary/aromatic N) is 1. The van der Waals surface area contributed by atoms with Gasteiger partial charge in [0.25, 0.3) is 11.1 Å². The number of rotatable bonds is 6. The number of ether oxygens (including phenoxy) is 2. The summed E-state index contributed by atoms with van der Waals surface area (Å²) in [6.07, 6.45) is 1.66. The Kier molecular flexibility index (Phi) is 6.46. The quantitative estimate of drug-likeness (QED) is 0.544. The molecule has 3 rings (SSSR count). The summed E-state index contributed by atoms with van der Waals surface area (Å²) in [5.41, 5.74) is 0.713. The highest BCUT2D eigenvalue weighted by atomic mass is 79.9. The average molecular weight is 469 g/mol. The predicted molar refractivity (Wildman–Crippen MR) is 110 cm³/mol. The molecular weight excluding hydrogens is 454 g/mol. The number of thioether (sulfide) groups is 1. The number of imide groups is 1. The van der Waals surface area contributed by atoms with Gasteiger partial charge in [-0.3, -0.25) is 14.5 Å². The second kappa shape index (κ2) is 8.82. The summed E-state index contributed by atoms with van der Waals surface area (Å²) in [6, 6.07) is 12.5. The molecule has 0 aromatic heterocycles. The minimum Gasteiger partial charge on any atom is -0.496 e. The molecule has 1 aliphatic heterocycles. The van der Waals surface area contributed by atoms with Gasteiger partial charge in [-0.25, -0.2) is 0 Å². The molecule has 2 amide bonds. The van der Waals surface area contributed by atoms with Gasteiger partial charge in [-0.05, 0) is 48.2 Å². The van der Waals surface area contributed by atoms with E-state index in [2.05, 4.69) is 15.9 Å². The molecule has 1 saturated heterocycles. The second-order valence-corrected chi connectivity index (χ2v) is 7.81. The zero-order valence-electron chi connectivity index (χ0n) is 14.3. The zero-order valence-corrected chi connectivity index (χ0v) is 17.4. The van der Waals surface area contributed by atoms with Gasteiger partial charge in [0, 0.05) is 10.0 Å². The maximum absolute atomic E-state index is 12.6. The smallest absolute Gasteiger partial charge is 0.293 e. The molecule has 0 unspecified atom stereocenters. The molecule has 0 atom stereocenters. The summed E-state index contributed by atoms with van der Waals surface area (Å²) < 4.78 is 11.7. The van der Waals surface area contributed by atoms with Crippen LogP contribution in [0.25, 0.3) is 6.08 Å². The van der Waals surface area contributed by atoms with Crippen LogP contribution in [-0.2, 0) is 4.79 Å². The topological polar surface area (TPSA) is 55.8 Å². The molecule has 0 saturated carbocycles. The summed E-state index contributed by atoms with van der Waals surface area (Å²) in [4.78, 5) is 26.3. The Morgan fingerprint density at radius 1 is 1.19 bits per heavy atom. The first-order valence-corrected chi connectivity index (χ1v) is 9.94. The third-order valence-corrected chi connectivity index (χ3v) is 5.47. The Morgan fingerprint density at radius 3 is 2.70 bits per heavy atom. The summed E-state index contributed by atoms with van der Waals surface area (Å²) >= 11 is 10.3. The Morgan fingerprint density at radius 2 is 1.96 bits per heavy atom. The lowest BCUT2D eigenvalue weighted by Crippen LogP contribution is -2.32. The molecule has 0 radical (unpaired) electrons. The lowest BCUT2D eigenvalue weighted by molar-refractivity contribution is -0.123. The number of methoxy groups -OCH3 is 1. The van der Waals surface area contributed by atoms with Crippen LogP contribution in [0.3, 0.4) is 0 Å². The molecule has 140 valence electrons. The molecule has 2 aromatic rings. The van der Waals surface area contributed by atoms with Crippen LogP contribution >= 0.6 is 39.3 Å². The summed E-state index contributed by atoms with van der Waals surface area (Å²) in [5.74, 6) is 0.780. The molecule has 0 spiro atoms. The number of carbonyl (C=O) groups is 2. The first-order valence-electron chi connectivity index (χ1n) is 7.96. The van der Waals surface area contributed by atoms with Crippen molar-refractivity contribution in [2.45, 2.75) is 0 Å². The fraction of sp³-hybridized carbons (Fsp3) is 0.158. The molecular formula is C19H15BrClNO4S. The number of amides is 2. The number of benzene rings is 2. The highest BCUT2D eigenvalue weighted by Crippen LogP contribution is 2.34. The van der Waals surface area contributed by atoms with Gasteiger partial charge in [0.2, 0.25) is 0 Å². The monoisotopic (exact) mass is 467 g/mol. The Labute approximate surface area is 174 Å². The minimum absolute atomic E-state index is 0.142. The summed E-state index contributed by atoms with van der Waals surface area (Å²) in [5, 5.41) is 0.149. The van der Waals surface area contributed by atoms with Gasteiger partial charge in [0.05, 0.1) is 23.6 Å². The summed E-state index contributed by atoms with van der Waals surface area (Å²) in [7, 11) is 1.55. The molecule has 1 fully saturated rings. The molecule has 8 heteroatoms. The van der Waals surface area contributed by atoms with Crippen LogP contribution in [0.1, 0.15) is 5.56 Å². The SMILES string of the molecule is COc1ccc(Br)cc1/C=C1\SC(=O)N(CCOc2ccccc2Cl)C1=O. The van der Waals surface area contributed by atoms with E-state index in [-0.39, 0.29) is 24.3 Å². The van der Waals surface area contributed by atoms with Crippen LogP contribution in [0.2, 0.25) is 5.02 Å². The van der Waals surface area contributed by atoms with E-state index in [4.69, 9.17) is 21.1 Å². The van der Waals surface area contributed by atoms with Gasteiger partial charge < -0.3 is 9.47 Å². The fourth-order valence-corrected chi connectivity index (χ4v) is 3.89. The van der Waals surface area contributed by atoms with Gasteiger partial charge >= 0.3 is 0 Å². The van der Waals surface area contributed by atoms with Gasteiger partial charge in [-0.1, -0.05) is 39.7 Å². The van der Waals surface area contributed by atoms with Gasteiger partial charge in [0.1, 0.15) is 18.1 Å². The first kappa shape index (κ1) is 19.8. The third kappa shape index (κ3) is 4.66. The van der Waals surface area contributed by atoms with E-state index in [1.807, 2.05) is 12.1 Å². The standard InChI is InChI=1S/C19H15BrClNO4S/c1-25-15-7-6-13(20)10-12(15)11-17-18(23)22(19(24)27-17)8-9-26-16-5-3-2-4-14(16)21/h2-7,10-11H,8-9H2,1H3/b17-11-. The van der Waals surface area contributed by atoms with Crippen molar-refractivity contribution in [2.75, 3.05) is 20.3 Å². The predicted octanol–water partition coefficient (Wildman–Crippen LogP) is 5.23. The molecule has 1 aliphatic rings. The van der Waals surface area contributed by atoms with Crippen molar-refractivity contribution in [1.82, 2.24) is 4.90 Å². The van der Waals surface area contributed by atoms with E-state index < -0.39 is 0 Å². The van der Waals surface area contributed by atoms with Gasteiger partial charge in [-0.2, -0.15) is 0 Å². The Bertz CT molecular complexity index is 918. The second-order valence-electron chi connectivity index (χ2n) is 5.50. The molecule has 2 aromatic carbocycles. The fourth-order valence-electron chi connectivity index (χ4n) is 2.46. The van der Waals surface area contributed by atoms with Gasteiger partial charge in [-0.15, -0.1) is 0 Å². The van der Waals surface area contributed by atoms with E-state index in [1.54, 1.807) is 43.5 Å². The third-order valence-electron chi connectivity index (χ3n) is 3.76. The lowest BCUT2D eigenvalue weighted by Gasteiger charge is -2.13. The normalized spacial score (nSPS) is 15.5. The van der Waals surface area contributed by atoms with E-state index in [1.165, 1.54) is 0 Å². The number of para-hydroxylation sites is 1.